The Hall–Kier alpha value is -0.990. The lowest BCUT2D eigenvalue weighted by molar-refractivity contribution is 0.504. The molecule has 0 atom stereocenters. The Bertz CT molecular complexity index is 325. The first kappa shape index (κ1) is 9.56. The number of nitrogens with one attached hydrogen (secondary N) is 2. The first-order chi connectivity index (χ1) is 6.65. The predicted octanol–water partition coefficient (Wildman–Crippen LogP) is 2.46. The van der Waals surface area contributed by atoms with Crippen LogP contribution in [0.2, 0.25) is 0 Å². The van der Waals surface area contributed by atoms with Crippen molar-refractivity contribution in [2.24, 2.45) is 0 Å². The summed E-state index contributed by atoms with van der Waals surface area (Å²) in [6, 6.07) is 0. The molecule has 0 saturated carbocycles. The van der Waals surface area contributed by atoms with Crippen molar-refractivity contribution >= 4 is 5.82 Å². The predicted molar refractivity (Wildman–Crippen MR) is 58.7 cm³/mol. The van der Waals surface area contributed by atoms with Gasteiger partial charge in [0.2, 0.25) is 0 Å². The maximum absolute atomic E-state index is 4.33. The van der Waals surface area contributed by atoms with Crippen molar-refractivity contribution in [2.45, 2.75) is 45.4 Å². The zero-order valence-corrected chi connectivity index (χ0v) is 9.28. The largest absolute Gasteiger partial charge is 0.368 e. The van der Waals surface area contributed by atoms with Gasteiger partial charge in [-0.15, -0.1) is 0 Å². The minimum Gasteiger partial charge on any atom is -0.368 e. The molecule has 78 valence electrons. The molecule has 0 bridgehead atoms. The van der Waals surface area contributed by atoms with E-state index in [9.17, 15) is 0 Å². The van der Waals surface area contributed by atoms with Gasteiger partial charge in [-0.25, -0.2) is 0 Å². The number of hydrogen-bond donors (Lipinski definition) is 2. The van der Waals surface area contributed by atoms with Crippen molar-refractivity contribution in [3.05, 3.63) is 11.3 Å². The van der Waals surface area contributed by atoms with Gasteiger partial charge in [-0.2, -0.15) is 5.10 Å². The summed E-state index contributed by atoms with van der Waals surface area (Å²) in [5, 5.41) is 10.9. The van der Waals surface area contributed by atoms with Crippen molar-refractivity contribution < 1.29 is 0 Å². The lowest BCUT2D eigenvalue weighted by atomic mass is 9.91. The summed E-state index contributed by atoms with van der Waals surface area (Å²) in [5.41, 5.74) is 3.02. The summed E-state index contributed by atoms with van der Waals surface area (Å²) in [4.78, 5) is 0. The summed E-state index contributed by atoms with van der Waals surface area (Å²) in [5.74, 6) is 1.08. The van der Waals surface area contributed by atoms with Crippen molar-refractivity contribution in [3.8, 4) is 0 Å². The molecule has 1 heterocycles. The molecule has 0 aliphatic heterocycles. The first-order valence-corrected chi connectivity index (χ1v) is 5.46. The van der Waals surface area contributed by atoms with Gasteiger partial charge in [0, 0.05) is 23.2 Å². The fraction of sp³-hybridized carbons (Fsp3) is 0.727. The molecule has 0 spiro atoms. The molecule has 1 aromatic rings. The molecule has 0 aromatic carbocycles. The standard InChI is InChI=1S/C11H19N3/c1-4-7-12-10-8-5-6-11(2,3)9(8)13-14-10/h4-7H2,1-3H3,(H2,12,13,14). The van der Waals surface area contributed by atoms with Gasteiger partial charge in [0.15, 0.2) is 5.82 Å². The molecule has 0 saturated heterocycles. The van der Waals surface area contributed by atoms with E-state index in [2.05, 4.69) is 36.3 Å². The number of hydrogen-bond acceptors (Lipinski definition) is 2. The Labute approximate surface area is 85.3 Å². The van der Waals surface area contributed by atoms with Gasteiger partial charge in [0.25, 0.3) is 0 Å². The van der Waals surface area contributed by atoms with E-state index in [-0.39, 0.29) is 5.41 Å². The number of aromatic nitrogens is 2. The average molecular weight is 193 g/mol. The summed E-state index contributed by atoms with van der Waals surface area (Å²) in [7, 11) is 0. The van der Waals surface area contributed by atoms with E-state index >= 15 is 0 Å². The van der Waals surface area contributed by atoms with Gasteiger partial charge in [-0.3, -0.25) is 5.10 Å². The minimum absolute atomic E-state index is 0.286. The van der Waals surface area contributed by atoms with Crippen LogP contribution in [0.1, 0.15) is 44.9 Å². The van der Waals surface area contributed by atoms with E-state index in [0.717, 1.165) is 25.2 Å². The highest BCUT2D eigenvalue weighted by molar-refractivity contribution is 5.51. The zero-order valence-electron chi connectivity index (χ0n) is 9.28. The van der Waals surface area contributed by atoms with Crippen LogP contribution in [-0.2, 0) is 11.8 Å². The maximum Gasteiger partial charge on any atom is 0.151 e. The van der Waals surface area contributed by atoms with Crippen molar-refractivity contribution in [1.29, 1.82) is 0 Å². The van der Waals surface area contributed by atoms with Gasteiger partial charge in [0.1, 0.15) is 0 Å². The number of nitrogens with zero attached hydrogens (tertiary/aromatic N) is 1. The SMILES string of the molecule is CCCNc1n[nH]c2c1CCC2(C)C. The molecule has 0 radical (unpaired) electrons. The topological polar surface area (TPSA) is 40.7 Å². The van der Waals surface area contributed by atoms with Crippen LogP contribution >= 0.6 is 0 Å². The van der Waals surface area contributed by atoms with Crippen LogP contribution in [-0.4, -0.2) is 16.7 Å². The molecule has 2 rings (SSSR count). The highest BCUT2D eigenvalue weighted by atomic mass is 15.2. The van der Waals surface area contributed by atoms with E-state index in [0.29, 0.717) is 0 Å². The van der Waals surface area contributed by atoms with Crippen molar-refractivity contribution in [2.75, 3.05) is 11.9 Å². The molecular formula is C11H19N3. The number of aromatic amines is 1. The quantitative estimate of drug-likeness (QED) is 0.774. The van der Waals surface area contributed by atoms with E-state index in [4.69, 9.17) is 0 Å². The third-order valence-corrected chi connectivity index (χ3v) is 3.09. The third kappa shape index (κ3) is 1.41. The zero-order chi connectivity index (χ0) is 10.2. The Kier molecular flexibility index (Phi) is 2.25. The lowest BCUT2D eigenvalue weighted by Crippen LogP contribution is -2.12. The fourth-order valence-electron chi connectivity index (χ4n) is 2.12. The molecule has 1 aliphatic rings. The lowest BCUT2D eigenvalue weighted by Gasteiger charge is -2.15. The van der Waals surface area contributed by atoms with Gasteiger partial charge >= 0.3 is 0 Å². The van der Waals surface area contributed by atoms with Crippen LogP contribution in [0.3, 0.4) is 0 Å². The van der Waals surface area contributed by atoms with Crippen molar-refractivity contribution in [3.63, 3.8) is 0 Å². The monoisotopic (exact) mass is 193 g/mol. The van der Waals surface area contributed by atoms with Gasteiger partial charge < -0.3 is 5.32 Å². The van der Waals surface area contributed by atoms with Crippen LogP contribution in [0, 0.1) is 0 Å². The van der Waals surface area contributed by atoms with Crippen molar-refractivity contribution in [1.82, 2.24) is 10.2 Å². The van der Waals surface area contributed by atoms with Crippen LogP contribution in [0.5, 0.6) is 0 Å². The fourth-order valence-corrected chi connectivity index (χ4v) is 2.12. The normalized spacial score (nSPS) is 18.2. The molecule has 3 nitrogen and oxygen atoms in total. The van der Waals surface area contributed by atoms with Gasteiger partial charge in [0.05, 0.1) is 0 Å². The highest BCUT2D eigenvalue weighted by Crippen LogP contribution is 2.39. The number of rotatable bonds is 3. The first-order valence-electron chi connectivity index (χ1n) is 5.46. The Balaban J connectivity index is 2.22. The molecule has 2 N–H and O–H groups in total. The van der Waals surface area contributed by atoms with Crippen LogP contribution < -0.4 is 5.32 Å². The number of fused-ring (bicyclic) bond motifs is 1. The Morgan fingerprint density at radius 3 is 3.00 bits per heavy atom. The summed E-state index contributed by atoms with van der Waals surface area (Å²) < 4.78 is 0. The second kappa shape index (κ2) is 3.30. The average Bonchev–Trinajstić information content (AvgIpc) is 2.65. The van der Waals surface area contributed by atoms with E-state index in [1.54, 1.807) is 0 Å². The van der Waals surface area contributed by atoms with E-state index < -0.39 is 0 Å². The minimum atomic E-state index is 0.286. The molecule has 0 amide bonds. The Morgan fingerprint density at radius 1 is 1.50 bits per heavy atom. The molecule has 3 heteroatoms. The summed E-state index contributed by atoms with van der Waals surface area (Å²) >= 11 is 0. The molecule has 0 fully saturated rings. The van der Waals surface area contributed by atoms with Gasteiger partial charge in [-0.1, -0.05) is 20.8 Å². The molecule has 0 unspecified atom stereocenters. The molecular weight excluding hydrogens is 174 g/mol. The van der Waals surface area contributed by atoms with E-state index in [1.807, 2.05) is 0 Å². The van der Waals surface area contributed by atoms with Crippen LogP contribution in [0.15, 0.2) is 0 Å². The summed E-state index contributed by atoms with van der Waals surface area (Å²) in [6.45, 7) is 7.74. The molecule has 1 aromatic heterocycles. The molecule has 1 aliphatic carbocycles. The van der Waals surface area contributed by atoms with E-state index in [1.165, 1.54) is 17.7 Å². The Morgan fingerprint density at radius 2 is 2.29 bits per heavy atom. The second-order valence-electron chi connectivity index (χ2n) is 4.74. The smallest absolute Gasteiger partial charge is 0.151 e. The molecule has 14 heavy (non-hydrogen) atoms. The maximum atomic E-state index is 4.33. The number of anilines is 1. The number of H-pyrrole nitrogens is 1. The summed E-state index contributed by atoms with van der Waals surface area (Å²) in [6.07, 6.45) is 3.54. The van der Waals surface area contributed by atoms with Crippen LogP contribution in [0.4, 0.5) is 5.82 Å². The second-order valence-corrected chi connectivity index (χ2v) is 4.74. The van der Waals surface area contributed by atoms with Gasteiger partial charge in [-0.05, 0) is 19.3 Å². The van der Waals surface area contributed by atoms with Crippen LogP contribution in [0.25, 0.3) is 0 Å². The highest BCUT2D eigenvalue weighted by Gasteiger charge is 2.33. The third-order valence-electron chi connectivity index (χ3n) is 3.09.